The summed E-state index contributed by atoms with van der Waals surface area (Å²) in [6.07, 6.45) is -3.00. The number of rotatable bonds is 3. The van der Waals surface area contributed by atoms with Crippen molar-refractivity contribution >= 4 is 34.1 Å². The number of carbonyl (C=O) groups excluding carboxylic acids is 1. The van der Waals surface area contributed by atoms with Gasteiger partial charge < -0.3 is 19.5 Å². The van der Waals surface area contributed by atoms with Crippen molar-refractivity contribution in [3.63, 3.8) is 0 Å². The summed E-state index contributed by atoms with van der Waals surface area (Å²) in [6, 6.07) is 5.61. The number of hydrogen-bond donors (Lipinski definition) is 1. The zero-order valence-electron chi connectivity index (χ0n) is 19.8. The molecular weight excluding hydrogens is 497 g/mol. The van der Waals surface area contributed by atoms with Gasteiger partial charge in [-0.3, -0.25) is 9.78 Å². The van der Waals surface area contributed by atoms with E-state index in [1.54, 1.807) is 18.0 Å². The second-order valence-corrected chi connectivity index (χ2v) is 9.98. The number of aliphatic hydroxyl groups excluding tert-OH is 1. The summed E-state index contributed by atoms with van der Waals surface area (Å²) in [5, 5.41) is 18.3. The number of alkyl halides is 3. The maximum atomic E-state index is 13.4. The van der Waals surface area contributed by atoms with Crippen molar-refractivity contribution in [1.29, 1.82) is 0 Å². The SMILES string of the molecule is C[C@@H]1CN(c2c(Cl)cnc3cc([C@@H](C)O)ccc23)CC[C@@H]1C(=O)N1CCn2c(nnc2C(F)(F)F)C1. The van der Waals surface area contributed by atoms with Crippen LogP contribution in [0.5, 0.6) is 0 Å². The summed E-state index contributed by atoms with van der Waals surface area (Å²) >= 11 is 6.57. The molecule has 2 aliphatic heterocycles. The van der Waals surface area contributed by atoms with Crippen LogP contribution < -0.4 is 4.90 Å². The Hall–Kier alpha value is -2.92. The summed E-state index contributed by atoms with van der Waals surface area (Å²) in [7, 11) is 0. The molecule has 2 aromatic heterocycles. The number of fused-ring (bicyclic) bond motifs is 2. The van der Waals surface area contributed by atoms with Crippen LogP contribution in [0, 0.1) is 11.8 Å². The van der Waals surface area contributed by atoms with Crippen LogP contribution >= 0.6 is 11.6 Å². The molecule has 0 unspecified atom stereocenters. The third-order valence-corrected chi connectivity index (χ3v) is 7.44. The highest BCUT2D eigenvalue weighted by molar-refractivity contribution is 6.34. The molecule has 5 rings (SSSR count). The molecule has 0 saturated carbocycles. The molecule has 36 heavy (non-hydrogen) atoms. The number of halogens is 4. The Labute approximate surface area is 210 Å². The van der Waals surface area contributed by atoms with Gasteiger partial charge in [-0.2, -0.15) is 13.2 Å². The Kier molecular flexibility index (Phi) is 6.32. The highest BCUT2D eigenvalue weighted by Gasteiger charge is 2.41. The summed E-state index contributed by atoms with van der Waals surface area (Å²) in [6.45, 7) is 5.11. The first-order chi connectivity index (χ1) is 17.0. The van der Waals surface area contributed by atoms with Gasteiger partial charge in [0, 0.05) is 43.7 Å². The van der Waals surface area contributed by atoms with Crippen molar-refractivity contribution in [3.8, 4) is 0 Å². The van der Waals surface area contributed by atoms with E-state index in [0.29, 0.717) is 24.5 Å². The van der Waals surface area contributed by atoms with E-state index in [1.165, 1.54) is 0 Å². The number of pyridine rings is 1. The van der Waals surface area contributed by atoms with Gasteiger partial charge in [0.05, 0.1) is 28.9 Å². The van der Waals surface area contributed by atoms with Crippen LogP contribution in [0.4, 0.5) is 18.9 Å². The number of anilines is 1. The van der Waals surface area contributed by atoms with Crippen LogP contribution in [0.15, 0.2) is 24.4 Å². The zero-order valence-corrected chi connectivity index (χ0v) is 20.6. The Morgan fingerprint density at radius 3 is 2.69 bits per heavy atom. The van der Waals surface area contributed by atoms with E-state index in [-0.39, 0.29) is 43.2 Å². The van der Waals surface area contributed by atoms with Crippen molar-refractivity contribution in [2.75, 3.05) is 24.5 Å². The van der Waals surface area contributed by atoms with Gasteiger partial charge in [-0.15, -0.1) is 10.2 Å². The second-order valence-electron chi connectivity index (χ2n) is 9.57. The monoisotopic (exact) mass is 522 g/mol. The molecule has 3 atom stereocenters. The summed E-state index contributed by atoms with van der Waals surface area (Å²) < 4.78 is 40.4. The van der Waals surface area contributed by atoms with Crippen LogP contribution in [-0.2, 0) is 24.1 Å². The third kappa shape index (κ3) is 4.39. The van der Waals surface area contributed by atoms with Gasteiger partial charge in [-0.25, -0.2) is 0 Å². The van der Waals surface area contributed by atoms with E-state index in [4.69, 9.17) is 11.6 Å². The van der Waals surface area contributed by atoms with Gasteiger partial charge in [-0.05, 0) is 30.9 Å². The molecule has 0 bridgehead atoms. The van der Waals surface area contributed by atoms with Crippen LogP contribution in [-0.4, -0.2) is 55.3 Å². The molecule has 0 spiro atoms. The number of hydrogen-bond acceptors (Lipinski definition) is 6. The molecule has 1 amide bonds. The lowest BCUT2D eigenvalue weighted by Crippen LogP contribution is -2.49. The lowest BCUT2D eigenvalue weighted by molar-refractivity contribution is -0.148. The fourth-order valence-electron chi connectivity index (χ4n) is 5.26. The van der Waals surface area contributed by atoms with Gasteiger partial charge in [-0.1, -0.05) is 30.7 Å². The first-order valence-electron chi connectivity index (χ1n) is 11.8. The average molecular weight is 523 g/mol. The normalized spacial score (nSPS) is 21.5. The van der Waals surface area contributed by atoms with Crippen molar-refractivity contribution in [3.05, 3.63) is 46.6 Å². The minimum absolute atomic E-state index is 0.00667. The lowest BCUT2D eigenvalue weighted by Gasteiger charge is -2.40. The standard InChI is InChI=1S/C24H26ClF3N6O2/c1-13-11-32(21-17-4-3-15(14(2)35)9-19(17)29-10-18(21)25)6-5-16(13)22(36)33-7-8-34-20(12-33)30-31-23(34)24(26,27)28/h3-4,9-10,13-14,16,35H,5-8,11-12H2,1-2H3/t13-,14-,16+/m1/s1. The molecule has 2 aliphatic rings. The minimum Gasteiger partial charge on any atom is -0.389 e. The van der Waals surface area contributed by atoms with E-state index in [0.717, 1.165) is 26.7 Å². The van der Waals surface area contributed by atoms with Crippen LogP contribution in [0.1, 0.15) is 43.6 Å². The van der Waals surface area contributed by atoms with Gasteiger partial charge in [0.1, 0.15) is 0 Å². The number of aromatic nitrogens is 4. The lowest BCUT2D eigenvalue weighted by atomic mass is 9.85. The molecule has 4 heterocycles. The molecule has 192 valence electrons. The molecule has 1 saturated heterocycles. The number of nitrogens with zero attached hydrogens (tertiary/aromatic N) is 6. The van der Waals surface area contributed by atoms with Crippen LogP contribution in [0.25, 0.3) is 10.9 Å². The smallest absolute Gasteiger partial charge is 0.389 e. The quantitative estimate of drug-likeness (QED) is 0.558. The first kappa shape index (κ1) is 24.8. The van der Waals surface area contributed by atoms with Crippen molar-refractivity contribution < 1.29 is 23.1 Å². The number of carbonyl (C=O) groups is 1. The summed E-state index contributed by atoms with van der Waals surface area (Å²) in [4.78, 5) is 21.5. The van der Waals surface area contributed by atoms with Crippen molar-refractivity contribution in [2.45, 2.75) is 45.6 Å². The third-order valence-electron chi connectivity index (χ3n) is 7.16. The first-order valence-corrected chi connectivity index (χ1v) is 12.2. The fourth-order valence-corrected chi connectivity index (χ4v) is 5.53. The molecule has 8 nitrogen and oxygen atoms in total. The van der Waals surface area contributed by atoms with E-state index >= 15 is 0 Å². The highest BCUT2D eigenvalue weighted by Crippen LogP contribution is 2.38. The molecule has 3 aromatic rings. The molecule has 12 heteroatoms. The molecule has 1 N–H and O–H groups in total. The molecule has 0 radical (unpaired) electrons. The average Bonchev–Trinajstić information content (AvgIpc) is 3.27. The predicted molar refractivity (Wildman–Crippen MR) is 127 cm³/mol. The maximum absolute atomic E-state index is 13.4. The number of amides is 1. The minimum atomic E-state index is -4.57. The highest BCUT2D eigenvalue weighted by atomic mass is 35.5. The van der Waals surface area contributed by atoms with E-state index < -0.39 is 18.1 Å². The van der Waals surface area contributed by atoms with E-state index in [9.17, 15) is 23.1 Å². The molecule has 1 fully saturated rings. The number of benzene rings is 1. The Balaban J connectivity index is 1.32. The number of aliphatic hydroxyl groups is 1. The zero-order chi connectivity index (χ0) is 25.8. The van der Waals surface area contributed by atoms with Gasteiger partial charge in [0.25, 0.3) is 0 Å². The fraction of sp³-hybridized carbons (Fsp3) is 0.500. The van der Waals surface area contributed by atoms with Crippen molar-refractivity contribution in [2.24, 2.45) is 11.8 Å². The predicted octanol–water partition coefficient (Wildman–Crippen LogP) is 4.06. The Morgan fingerprint density at radius 1 is 1.22 bits per heavy atom. The molecule has 1 aromatic carbocycles. The maximum Gasteiger partial charge on any atom is 0.451 e. The summed E-state index contributed by atoms with van der Waals surface area (Å²) in [5.41, 5.74) is 2.34. The Morgan fingerprint density at radius 2 is 2.00 bits per heavy atom. The van der Waals surface area contributed by atoms with Crippen LogP contribution in [0.2, 0.25) is 5.02 Å². The molecular formula is C24H26ClF3N6O2. The van der Waals surface area contributed by atoms with Gasteiger partial charge in [0.2, 0.25) is 11.7 Å². The van der Waals surface area contributed by atoms with Crippen LogP contribution in [0.3, 0.4) is 0 Å². The van der Waals surface area contributed by atoms with Gasteiger partial charge >= 0.3 is 6.18 Å². The largest absolute Gasteiger partial charge is 0.451 e. The van der Waals surface area contributed by atoms with Crippen molar-refractivity contribution in [1.82, 2.24) is 24.6 Å². The topological polar surface area (TPSA) is 87.4 Å². The van der Waals surface area contributed by atoms with E-state index in [2.05, 4.69) is 20.1 Å². The molecule has 0 aliphatic carbocycles. The van der Waals surface area contributed by atoms with E-state index in [1.807, 2.05) is 25.1 Å². The Bertz CT molecular complexity index is 1310. The van der Waals surface area contributed by atoms with Gasteiger partial charge in [0.15, 0.2) is 5.82 Å². The second kappa shape index (κ2) is 9.19. The number of piperidine rings is 1. The summed E-state index contributed by atoms with van der Waals surface area (Å²) in [5.74, 6) is -1.21.